The van der Waals surface area contributed by atoms with Crippen molar-refractivity contribution in [3.63, 3.8) is 0 Å². The van der Waals surface area contributed by atoms with Crippen molar-refractivity contribution in [2.45, 2.75) is 12.5 Å². The highest BCUT2D eigenvalue weighted by molar-refractivity contribution is 5.76. The SMILES string of the molecule is COC(=O)C(O)c1cc2c(c(OC)c1)OCC2. The monoisotopic (exact) mass is 238 g/mol. The second kappa shape index (κ2) is 4.63. The summed E-state index contributed by atoms with van der Waals surface area (Å²) < 4.78 is 15.1. The van der Waals surface area contributed by atoms with Crippen LogP contribution in [0.5, 0.6) is 11.5 Å². The number of aliphatic hydroxyl groups excluding tert-OH is 1. The molecule has 0 amide bonds. The predicted octanol–water partition coefficient (Wildman–Crippen LogP) is 0.836. The van der Waals surface area contributed by atoms with Gasteiger partial charge in [0.2, 0.25) is 0 Å². The van der Waals surface area contributed by atoms with Crippen LogP contribution in [0.25, 0.3) is 0 Å². The molecule has 0 saturated carbocycles. The van der Waals surface area contributed by atoms with Crippen molar-refractivity contribution in [1.82, 2.24) is 0 Å². The standard InChI is InChI=1S/C12H14O5/c1-15-9-6-8(10(13)12(14)16-2)5-7-3-4-17-11(7)9/h5-6,10,13H,3-4H2,1-2H3. The first kappa shape index (κ1) is 11.7. The van der Waals surface area contributed by atoms with Gasteiger partial charge < -0.3 is 19.3 Å². The summed E-state index contributed by atoms with van der Waals surface area (Å²) >= 11 is 0. The molecule has 5 nitrogen and oxygen atoms in total. The molecule has 1 aliphatic heterocycles. The molecule has 0 aromatic heterocycles. The molecule has 0 aliphatic carbocycles. The maximum absolute atomic E-state index is 11.3. The Bertz CT molecular complexity index is 441. The Kier molecular flexibility index (Phi) is 3.19. The third-order valence-electron chi connectivity index (χ3n) is 2.73. The van der Waals surface area contributed by atoms with Crippen LogP contribution in [0, 0.1) is 0 Å². The van der Waals surface area contributed by atoms with Crippen LogP contribution in [-0.4, -0.2) is 31.9 Å². The van der Waals surface area contributed by atoms with Crippen LogP contribution in [-0.2, 0) is 16.0 Å². The quantitative estimate of drug-likeness (QED) is 0.790. The van der Waals surface area contributed by atoms with E-state index in [9.17, 15) is 9.90 Å². The van der Waals surface area contributed by atoms with E-state index in [1.165, 1.54) is 14.2 Å². The summed E-state index contributed by atoms with van der Waals surface area (Å²) in [5, 5.41) is 9.77. The first-order valence-corrected chi connectivity index (χ1v) is 5.27. The summed E-state index contributed by atoms with van der Waals surface area (Å²) in [5.41, 5.74) is 1.39. The van der Waals surface area contributed by atoms with Gasteiger partial charge in [-0.2, -0.15) is 0 Å². The van der Waals surface area contributed by atoms with Crippen LogP contribution in [0.1, 0.15) is 17.2 Å². The lowest BCUT2D eigenvalue weighted by Crippen LogP contribution is -2.13. The van der Waals surface area contributed by atoms with Crippen LogP contribution in [0.3, 0.4) is 0 Å². The summed E-state index contributed by atoms with van der Waals surface area (Å²) in [6.45, 7) is 0.587. The van der Waals surface area contributed by atoms with E-state index in [4.69, 9.17) is 9.47 Å². The van der Waals surface area contributed by atoms with Gasteiger partial charge in [0.1, 0.15) is 0 Å². The Hall–Kier alpha value is -1.75. The van der Waals surface area contributed by atoms with E-state index in [1.54, 1.807) is 12.1 Å². The molecule has 17 heavy (non-hydrogen) atoms. The van der Waals surface area contributed by atoms with Crippen LogP contribution >= 0.6 is 0 Å². The zero-order chi connectivity index (χ0) is 12.4. The smallest absolute Gasteiger partial charge is 0.339 e. The van der Waals surface area contributed by atoms with Crippen LogP contribution in [0.15, 0.2) is 12.1 Å². The van der Waals surface area contributed by atoms with Gasteiger partial charge in [0.05, 0.1) is 20.8 Å². The summed E-state index contributed by atoms with van der Waals surface area (Å²) in [6, 6.07) is 3.33. The van der Waals surface area contributed by atoms with Crippen LogP contribution < -0.4 is 9.47 Å². The lowest BCUT2D eigenvalue weighted by Gasteiger charge is -2.13. The second-order valence-electron chi connectivity index (χ2n) is 3.74. The van der Waals surface area contributed by atoms with E-state index < -0.39 is 12.1 Å². The van der Waals surface area contributed by atoms with Gasteiger partial charge in [-0.05, 0) is 17.7 Å². The average molecular weight is 238 g/mol. The molecule has 0 fully saturated rings. The molecule has 1 aliphatic rings. The van der Waals surface area contributed by atoms with E-state index in [1.807, 2.05) is 0 Å². The third kappa shape index (κ3) is 2.06. The molecular formula is C12H14O5. The van der Waals surface area contributed by atoms with Crippen molar-refractivity contribution in [3.05, 3.63) is 23.3 Å². The largest absolute Gasteiger partial charge is 0.493 e. The predicted molar refractivity (Wildman–Crippen MR) is 59.2 cm³/mol. The Morgan fingerprint density at radius 1 is 1.47 bits per heavy atom. The number of hydrogen-bond acceptors (Lipinski definition) is 5. The highest BCUT2D eigenvalue weighted by Gasteiger charge is 2.24. The molecule has 1 heterocycles. The number of carbonyl (C=O) groups excluding carboxylic acids is 1. The van der Waals surface area contributed by atoms with E-state index >= 15 is 0 Å². The first-order chi connectivity index (χ1) is 8.17. The molecule has 92 valence electrons. The number of hydrogen-bond donors (Lipinski definition) is 1. The normalized spacial score (nSPS) is 14.8. The van der Waals surface area contributed by atoms with Gasteiger partial charge in [-0.25, -0.2) is 4.79 Å². The maximum Gasteiger partial charge on any atom is 0.339 e. The number of benzene rings is 1. The molecule has 2 rings (SSSR count). The Labute approximate surface area is 98.9 Å². The lowest BCUT2D eigenvalue weighted by atomic mass is 10.0. The fourth-order valence-electron chi connectivity index (χ4n) is 1.85. The zero-order valence-electron chi connectivity index (χ0n) is 9.73. The van der Waals surface area contributed by atoms with E-state index in [0.717, 1.165) is 12.0 Å². The second-order valence-corrected chi connectivity index (χ2v) is 3.74. The molecule has 0 spiro atoms. The average Bonchev–Trinajstić information content (AvgIpc) is 2.83. The van der Waals surface area contributed by atoms with Gasteiger partial charge in [-0.15, -0.1) is 0 Å². The summed E-state index contributed by atoms with van der Waals surface area (Å²) in [5.74, 6) is 0.525. The van der Waals surface area contributed by atoms with E-state index in [-0.39, 0.29) is 0 Å². The van der Waals surface area contributed by atoms with Crippen molar-refractivity contribution in [2.75, 3.05) is 20.8 Å². The highest BCUT2D eigenvalue weighted by atomic mass is 16.5. The zero-order valence-corrected chi connectivity index (χ0v) is 9.73. The molecule has 0 radical (unpaired) electrons. The lowest BCUT2D eigenvalue weighted by molar-refractivity contribution is -0.150. The molecule has 1 N–H and O–H groups in total. The summed E-state index contributed by atoms with van der Waals surface area (Å²) in [7, 11) is 2.75. The van der Waals surface area contributed by atoms with Crippen LogP contribution in [0.4, 0.5) is 0 Å². The van der Waals surface area contributed by atoms with E-state index in [0.29, 0.717) is 23.7 Å². The Morgan fingerprint density at radius 3 is 2.88 bits per heavy atom. The van der Waals surface area contributed by atoms with Gasteiger partial charge >= 0.3 is 5.97 Å². The number of esters is 1. The molecule has 5 heteroatoms. The van der Waals surface area contributed by atoms with Crippen molar-refractivity contribution < 1.29 is 24.1 Å². The molecule has 1 atom stereocenters. The Morgan fingerprint density at radius 2 is 2.24 bits per heavy atom. The van der Waals surface area contributed by atoms with Crippen molar-refractivity contribution in [2.24, 2.45) is 0 Å². The molecule has 0 saturated heterocycles. The fourth-order valence-corrected chi connectivity index (χ4v) is 1.85. The summed E-state index contributed by atoms with van der Waals surface area (Å²) in [6.07, 6.45) is -0.548. The number of carbonyl (C=O) groups is 1. The molecule has 0 bridgehead atoms. The molecule has 1 aromatic carbocycles. The van der Waals surface area contributed by atoms with Crippen molar-refractivity contribution in [3.8, 4) is 11.5 Å². The van der Waals surface area contributed by atoms with Gasteiger partial charge in [0.25, 0.3) is 0 Å². The highest BCUT2D eigenvalue weighted by Crippen LogP contribution is 2.38. The van der Waals surface area contributed by atoms with Crippen molar-refractivity contribution in [1.29, 1.82) is 0 Å². The number of aliphatic hydroxyl groups is 1. The topological polar surface area (TPSA) is 65.0 Å². The third-order valence-corrected chi connectivity index (χ3v) is 2.73. The Balaban J connectivity index is 2.39. The van der Waals surface area contributed by atoms with Gasteiger partial charge in [-0.1, -0.05) is 0 Å². The number of methoxy groups -OCH3 is 2. The van der Waals surface area contributed by atoms with E-state index in [2.05, 4.69) is 4.74 Å². The van der Waals surface area contributed by atoms with Gasteiger partial charge in [-0.3, -0.25) is 0 Å². The summed E-state index contributed by atoms with van der Waals surface area (Å²) in [4.78, 5) is 11.3. The molecule has 1 unspecified atom stereocenters. The number of fused-ring (bicyclic) bond motifs is 1. The van der Waals surface area contributed by atoms with Gasteiger partial charge in [0.15, 0.2) is 17.6 Å². The molecule has 1 aromatic rings. The maximum atomic E-state index is 11.3. The van der Waals surface area contributed by atoms with Crippen molar-refractivity contribution >= 4 is 5.97 Å². The van der Waals surface area contributed by atoms with Crippen LogP contribution in [0.2, 0.25) is 0 Å². The number of ether oxygens (including phenoxy) is 3. The molecular weight excluding hydrogens is 224 g/mol. The minimum Gasteiger partial charge on any atom is -0.493 e. The van der Waals surface area contributed by atoms with Gasteiger partial charge in [0, 0.05) is 12.0 Å². The minimum absolute atomic E-state index is 0.456. The number of rotatable bonds is 3. The minimum atomic E-state index is -1.29. The first-order valence-electron chi connectivity index (χ1n) is 5.27. The fraction of sp³-hybridized carbons (Fsp3) is 0.417.